The maximum Gasteiger partial charge on any atom is 0.257 e. The number of hydrogen-bond acceptors (Lipinski definition) is 3. The van der Waals surface area contributed by atoms with Crippen LogP contribution >= 0.6 is 11.6 Å². The van der Waals surface area contributed by atoms with Gasteiger partial charge in [-0.1, -0.05) is 11.6 Å². The fourth-order valence-electron chi connectivity index (χ4n) is 3.12. The molecule has 0 spiro atoms. The van der Waals surface area contributed by atoms with Gasteiger partial charge in [-0.2, -0.15) is 0 Å². The summed E-state index contributed by atoms with van der Waals surface area (Å²) < 4.78 is 18.3. The second-order valence-corrected chi connectivity index (χ2v) is 6.73. The third kappa shape index (κ3) is 4.39. The average molecular weight is 391 g/mol. The van der Waals surface area contributed by atoms with Gasteiger partial charge in [0.25, 0.3) is 11.8 Å². The molecule has 1 saturated heterocycles. The van der Waals surface area contributed by atoms with E-state index in [1.54, 1.807) is 28.0 Å². The van der Waals surface area contributed by atoms with Crippen molar-refractivity contribution in [2.24, 2.45) is 0 Å². The zero-order valence-electron chi connectivity index (χ0n) is 15.0. The van der Waals surface area contributed by atoms with Gasteiger partial charge in [0, 0.05) is 36.8 Å². The molecule has 0 aliphatic carbocycles. The van der Waals surface area contributed by atoms with Gasteiger partial charge in [-0.05, 0) is 48.9 Å². The number of ether oxygens (including phenoxy) is 1. The SMILES string of the molecule is COc1ccc(Cl)cc1C(=O)N1CCCN(C(=O)c2ccc(F)cc2)CC1. The molecular weight excluding hydrogens is 371 g/mol. The normalized spacial score (nSPS) is 14.6. The van der Waals surface area contributed by atoms with Crippen LogP contribution in [-0.2, 0) is 0 Å². The van der Waals surface area contributed by atoms with Crippen LogP contribution in [-0.4, -0.2) is 54.9 Å². The molecule has 1 aliphatic rings. The van der Waals surface area contributed by atoms with Crippen molar-refractivity contribution in [3.63, 3.8) is 0 Å². The van der Waals surface area contributed by atoms with E-state index in [1.807, 2.05) is 0 Å². The van der Waals surface area contributed by atoms with Gasteiger partial charge in [0.05, 0.1) is 12.7 Å². The van der Waals surface area contributed by atoms with Gasteiger partial charge in [-0.15, -0.1) is 0 Å². The van der Waals surface area contributed by atoms with Crippen LogP contribution in [0.3, 0.4) is 0 Å². The smallest absolute Gasteiger partial charge is 0.257 e. The molecule has 0 N–H and O–H groups in total. The molecular formula is C20H20ClFN2O3. The van der Waals surface area contributed by atoms with Crippen LogP contribution in [0.4, 0.5) is 4.39 Å². The van der Waals surface area contributed by atoms with Crippen molar-refractivity contribution in [3.05, 3.63) is 64.4 Å². The lowest BCUT2D eigenvalue weighted by atomic mass is 10.1. The number of nitrogens with zero attached hydrogens (tertiary/aromatic N) is 2. The highest BCUT2D eigenvalue weighted by atomic mass is 35.5. The van der Waals surface area contributed by atoms with Gasteiger partial charge in [-0.25, -0.2) is 4.39 Å². The van der Waals surface area contributed by atoms with Gasteiger partial charge in [-0.3, -0.25) is 9.59 Å². The first-order valence-corrected chi connectivity index (χ1v) is 9.05. The number of methoxy groups -OCH3 is 1. The molecule has 0 radical (unpaired) electrons. The fraction of sp³-hybridized carbons (Fsp3) is 0.300. The van der Waals surface area contributed by atoms with E-state index in [4.69, 9.17) is 16.3 Å². The van der Waals surface area contributed by atoms with E-state index in [1.165, 1.54) is 31.4 Å². The number of halogens is 2. The van der Waals surface area contributed by atoms with Crippen LogP contribution < -0.4 is 4.74 Å². The van der Waals surface area contributed by atoms with Crippen molar-refractivity contribution >= 4 is 23.4 Å². The third-order valence-electron chi connectivity index (χ3n) is 4.55. The predicted octanol–water partition coefficient (Wildman–Crippen LogP) is 3.48. The Labute approximate surface area is 162 Å². The van der Waals surface area contributed by atoms with Crippen molar-refractivity contribution in [2.75, 3.05) is 33.3 Å². The number of carbonyl (C=O) groups excluding carboxylic acids is 2. The predicted molar refractivity (Wildman–Crippen MR) is 101 cm³/mol. The van der Waals surface area contributed by atoms with Crippen LogP contribution in [0.15, 0.2) is 42.5 Å². The second kappa shape index (κ2) is 8.39. The summed E-state index contributed by atoms with van der Waals surface area (Å²) in [6.45, 7) is 1.88. The Bertz CT molecular complexity index is 842. The summed E-state index contributed by atoms with van der Waals surface area (Å²) in [5, 5.41) is 0.460. The Morgan fingerprint density at radius 3 is 2.22 bits per heavy atom. The Hall–Kier alpha value is -2.60. The molecule has 0 aromatic heterocycles. The Morgan fingerprint density at radius 1 is 0.963 bits per heavy atom. The third-order valence-corrected chi connectivity index (χ3v) is 4.79. The highest BCUT2D eigenvalue weighted by Gasteiger charge is 2.25. The van der Waals surface area contributed by atoms with Crippen LogP contribution in [0.5, 0.6) is 5.75 Å². The molecule has 1 heterocycles. The van der Waals surface area contributed by atoms with E-state index in [-0.39, 0.29) is 17.6 Å². The molecule has 0 unspecified atom stereocenters. The largest absolute Gasteiger partial charge is 0.496 e. The van der Waals surface area contributed by atoms with Gasteiger partial charge in [0.15, 0.2) is 0 Å². The van der Waals surface area contributed by atoms with Gasteiger partial charge in [0.2, 0.25) is 0 Å². The minimum Gasteiger partial charge on any atom is -0.496 e. The molecule has 142 valence electrons. The second-order valence-electron chi connectivity index (χ2n) is 6.29. The summed E-state index contributed by atoms with van der Waals surface area (Å²) in [6.07, 6.45) is 0.654. The molecule has 5 nitrogen and oxygen atoms in total. The fourth-order valence-corrected chi connectivity index (χ4v) is 3.29. The topological polar surface area (TPSA) is 49.9 Å². The van der Waals surface area contributed by atoms with Crippen LogP contribution in [0.1, 0.15) is 27.1 Å². The van der Waals surface area contributed by atoms with E-state index in [2.05, 4.69) is 0 Å². The molecule has 0 atom stereocenters. The lowest BCUT2D eigenvalue weighted by molar-refractivity contribution is 0.0717. The quantitative estimate of drug-likeness (QED) is 0.806. The van der Waals surface area contributed by atoms with E-state index >= 15 is 0 Å². The van der Waals surface area contributed by atoms with Gasteiger partial charge < -0.3 is 14.5 Å². The summed E-state index contributed by atoms with van der Waals surface area (Å²) in [5.74, 6) is -0.252. The van der Waals surface area contributed by atoms with Crippen molar-refractivity contribution < 1.29 is 18.7 Å². The molecule has 27 heavy (non-hydrogen) atoms. The number of rotatable bonds is 3. The molecule has 0 saturated carbocycles. The minimum absolute atomic E-state index is 0.162. The van der Waals surface area contributed by atoms with Crippen molar-refractivity contribution in [2.45, 2.75) is 6.42 Å². The Kier molecular flexibility index (Phi) is 5.96. The van der Waals surface area contributed by atoms with Gasteiger partial charge >= 0.3 is 0 Å². The summed E-state index contributed by atoms with van der Waals surface area (Å²) in [4.78, 5) is 28.9. The molecule has 0 bridgehead atoms. The van der Waals surface area contributed by atoms with Crippen LogP contribution in [0.2, 0.25) is 5.02 Å². The van der Waals surface area contributed by atoms with Crippen LogP contribution in [0, 0.1) is 5.82 Å². The first kappa shape index (κ1) is 19.2. The zero-order valence-corrected chi connectivity index (χ0v) is 15.7. The maximum atomic E-state index is 13.1. The first-order valence-electron chi connectivity index (χ1n) is 8.67. The molecule has 2 amide bonds. The van der Waals surface area contributed by atoms with Crippen molar-refractivity contribution in [1.82, 2.24) is 9.80 Å². The molecule has 2 aromatic rings. The molecule has 1 fully saturated rings. The number of carbonyl (C=O) groups is 2. The monoisotopic (exact) mass is 390 g/mol. The van der Waals surface area contributed by atoms with E-state index in [9.17, 15) is 14.0 Å². The summed E-state index contributed by atoms with van der Waals surface area (Å²) in [6, 6.07) is 10.4. The van der Waals surface area contributed by atoms with E-state index in [0.29, 0.717) is 54.5 Å². The summed E-state index contributed by atoms with van der Waals surface area (Å²) in [7, 11) is 1.51. The minimum atomic E-state index is -0.380. The lowest BCUT2D eigenvalue weighted by Crippen LogP contribution is -2.37. The highest BCUT2D eigenvalue weighted by molar-refractivity contribution is 6.31. The lowest BCUT2D eigenvalue weighted by Gasteiger charge is -2.23. The summed E-state index contributed by atoms with van der Waals surface area (Å²) in [5.41, 5.74) is 0.844. The average Bonchev–Trinajstić information content (AvgIpc) is 2.93. The molecule has 1 aliphatic heterocycles. The highest BCUT2D eigenvalue weighted by Crippen LogP contribution is 2.24. The zero-order chi connectivity index (χ0) is 19.4. The molecule has 2 aromatic carbocycles. The molecule has 7 heteroatoms. The van der Waals surface area contributed by atoms with Gasteiger partial charge in [0.1, 0.15) is 11.6 Å². The Balaban J connectivity index is 1.71. The number of amides is 2. The van der Waals surface area contributed by atoms with Crippen molar-refractivity contribution in [1.29, 1.82) is 0 Å². The molecule has 3 rings (SSSR count). The standard InChI is InChI=1S/C20H20ClFN2O3/c1-27-18-8-5-15(21)13-17(18)20(26)24-10-2-9-23(11-12-24)19(25)14-3-6-16(22)7-4-14/h3-8,13H,2,9-12H2,1H3. The Morgan fingerprint density at radius 2 is 1.59 bits per heavy atom. The number of hydrogen-bond donors (Lipinski definition) is 0. The maximum absolute atomic E-state index is 13.1. The van der Waals surface area contributed by atoms with Crippen LogP contribution in [0.25, 0.3) is 0 Å². The summed E-state index contributed by atoms with van der Waals surface area (Å²) >= 11 is 6.03. The van der Waals surface area contributed by atoms with Crippen molar-refractivity contribution in [3.8, 4) is 5.75 Å². The number of benzene rings is 2. The van der Waals surface area contributed by atoms with E-state index in [0.717, 1.165) is 0 Å². The first-order chi connectivity index (χ1) is 13.0. The van der Waals surface area contributed by atoms with E-state index < -0.39 is 0 Å².